The summed E-state index contributed by atoms with van der Waals surface area (Å²) >= 11 is 0. The summed E-state index contributed by atoms with van der Waals surface area (Å²) in [5.74, 6) is 0. The molecule has 18 heavy (non-hydrogen) atoms. The van der Waals surface area contributed by atoms with Gasteiger partial charge in [0.05, 0.1) is 16.5 Å². The van der Waals surface area contributed by atoms with Gasteiger partial charge in [0.25, 0.3) is 12.1 Å². The van der Waals surface area contributed by atoms with Gasteiger partial charge in [0.2, 0.25) is 0 Å². The number of rotatable bonds is 3. The number of benzene rings is 1. The van der Waals surface area contributed by atoms with E-state index in [2.05, 4.69) is 0 Å². The number of hydrogen-bond acceptors (Lipinski definition) is 3. The summed E-state index contributed by atoms with van der Waals surface area (Å²) in [4.78, 5) is 9.33. The Morgan fingerprint density at radius 1 is 1.22 bits per heavy atom. The third kappa shape index (κ3) is 3.13. The van der Waals surface area contributed by atoms with Crippen molar-refractivity contribution < 1.29 is 26.9 Å². The summed E-state index contributed by atoms with van der Waals surface area (Å²) in [5.41, 5.74) is 2.03. The van der Waals surface area contributed by atoms with Crippen molar-refractivity contribution in [3.8, 4) is 0 Å². The summed E-state index contributed by atoms with van der Waals surface area (Å²) < 4.78 is 61.9. The molecule has 0 aromatic heterocycles. The van der Waals surface area contributed by atoms with Crippen molar-refractivity contribution in [3.63, 3.8) is 0 Å². The SMILES string of the molecule is NC(c1cc([N+](=O)[O-])cc(C(F)(F)F)c1)C(F)F. The van der Waals surface area contributed by atoms with Crippen LogP contribution in [0.3, 0.4) is 0 Å². The summed E-state index contributed by atoms with van der Waals surface area (Å²) in [6, 6.07) is -0.761. The maximum Gasteiger partial charge on any atom is 0.416 e. The number of alkyl halides is 5. The molecule has 4 nitrogen and oxygen atoms in total. The van der Waals surface area contributed by atoms with Gasteiger partial charge in [-0.3, -0.25) is 10.1 Å². The van der Waals surface area contributed by atoms with Crippen LogP contribution >= 0.6 is 0 Å². The molecular weight excluding hydrogens is 263 g/mol. The minimum Gasteiger partial charge on any atom is -0.319 e. The van der Waals surface area contributed by atoms with Crippen LogP contribution < -0.4 is 5.73 Å². The fraction of sp³-hybridized carbons (Fsp3) is 0.333. The van der Waals surface area contributed by atoms with E-state index in [9.17, 15) is 32.1 Å². The number of hydrogen-bond donors (Lipinski definition) is 1. The minimum absolute atomic E-state index is 0.266. The molecule has 1 unspecified atom stereocenters. The van der Waals surface area contributed by atoms with Crippen LogP contribution in [0.1, 0.15) is 17.2 Å². The van der Waals surface area contributed by atoms with Gasteiger partial charge in [0, 0.05) is 12.1 Å². The molecule has 0 spiro atoms. The summed E-state index contributed by atoms with van der Waals surface area (Å²) in [6.07, 6.45) is -7.99. The third-order valence-electron chi connectivity index (χ3n) is 2.13. The van der Waals surface area contributed by atoms with E-state index < -0.39 is 40.4 Å². The smallest absolute Gasteiger partial charge is 0.319 e. The zero-order chi connectivity index (χ0) is 14.1. The van der Waals surface area contributed by atoms with Crippen LogP contribution in [-0.2, 0) is 6.18 Å². The quantitative estimate of drug-likeness (QED) is 0.521. The van der Waals surface area contributed by atoms with Crippen molar-refractivity contribution in [3.05, 3.63) is 39.4 Å². The molecule has 1 atom stereocenters. The van der Waals surface area contributed by atoms with Crippen molar-refractivity contribution in [2.24, 2.45) is 5.73 Å². The van der Waals surface area contributed by atoms with Gasteiger partial charge in [-0.05, 0) is 11.6 Å². The van der Waals surface area contributed by atoms with Gasteiger partial charge in [-0.1, -0.05) is 0 Å². The topological polar surface area (TPSA) is 69.2 Å². The molecule has 1 aromatic rings. The van der Waals surface area contributed by atoms with Crippen molar-refractivity contribution in [2.45, 2.75) is 18.6 Å². The lowest BCUT2D eigenvalue weighted by atomic mass is 10.0. The van der Waals surface area contributed by atoms with Gasteiger partial charge in [-0.15, -0.1) is 0 Å². The number of nitro benzene ring substituents is 1. The maximum absolute atomic E-state index is 12.4. The fourth-order valence-electron chi connectivity index (χ4n) is 1.24. The largest absolute Gasteiger partial charge is 0.416 e. The summed E-state index contributed by atoms with van der Waals surface area (Å²) in [7, 11) is 0. The van der Waals surface area contributed by atoms with E-state index in [1.807, 2.05) is 0 Å². The molecule has 0 bridgehead atoms. The molecule has 9 heteroatoms. The van der Waals surface area contributed by atoms with Crippen LogP contribution in [0.5, 0.6) is 0 Å². The Kier molecular flexibility index (Phi) is 3.85. The zero-order valence-electron chi connectivity index (χ0n) is 8.62. The Morgan fingerprint density at radius 2 is 1.78 bits per heavy atom. The first-order valence-electron chi connectivity index (χ1n) is 4.53. The Morgan fingerprint density at radius 3 is 2.17 bits per heavy atom. The summed E-state index contributed by atoms with van der Waals surface area (Å²) in [5, 5.41) is 10.4. The van der Waals surface area contributed by atoms with Gasteiger partial charge in [-0.2, -0.15) is 13.2 Å². The number of nitrogens with zero attached hydrogens (tertiary/aromatic N) is 1. The monoisotopic (exact) mass is 270 g/mol. The average molecular weight is 270 g/mol. The van der Waals surface area contributed by atoms with Crippen LogP contribution in [-0.4, -0.2) is 11.3 Å². The molecule has 0 amide bonds. The number of nitrogens with two attached hydrogens (primary N) is 1. The van der Waals surface area contributed by atoms with E-state index in [4.69, 9.17) is 5.73 Å². The number of nitro groups is 1. The van der Waals surface area contributed by atoms with Gasteiger partial charge in [0.1, 0.15) is 0 Å². The minimum atomic E-state index is -4.87. The second-order valence-corrected chi connectivity index (χ2v) is 3.43. The highest BCUT2D eigenvalue weighted by molar-refractivity contribution is 5.41. The molecule has 2 N–H and O–H groups in total. The first-order valence-corrected chi connectivity index (χ1v) is 4.53. The van der Waals surface area contributed by atoms with Crippen LogP contribution in [0.2, 0.25) is 0 Å². The average Bonchev–Trinajstić information content (AvgIpc) is 2.26. The first-order chi connectivity index (χ1) is 8.12. The number of halogens is 5. The predicted octanol–water partition coefficient (Wildman–Crippen LogP) is 2.88. The van der Waals surface area contributed by atoms with Crippen molar-refractivity contribution in [1.82, 2.24) is 0 Å². The van der Waals surface area contributed by atoms with Gasteiger partial charge in [-0.25, -0.2) is 8.78 Å². The van der Waals surface area contributed by atoms with Crippen molar-refractivity contribution in [2.75, 3.05) is 0 Å². The molecule has 0 aliphatic heterocycles. The highest BCUT2D eigenvalue weighted by atomic mass is 19.4. The lowest BCUT2D eigenvalue weighted by molar-refractivity contribution is -0.385. The normalized spacial score (nSPS) is 13.7. The molecule has 0 heterocycles. The van der Waals surface area contributed by atoms with Crippen molar-refractivity contribution >= 4 is 5.69 Å². The highest BCUT2D eigenvalue weighted by Gasteiger charge is 2.34. The van der Waals surface area contributed by atoms with Gasteiger partial charge < -0.3 is 5.73 Å². The molecule has 1 aromatic carbocycles. The molecule has 0 saturated heterocycles. The lowest BCUT2D eigenvalue weighted by Gasteiger charge is -2.13. The van der Waals surface area contributed by atoms with E-state index in [0.717, 1.165) is 0 Å². The van der Waals surface area contributed by atoms with E-state index in [1.54, 1.807) is 0 Å². The van der Waals surface area contributed by atoms with Crippen LogP contribution in [0.15, 0.2) is 18.2 Å². The van der Waals surface area contributed by atoms with Crippen molar-refractivity contribution in [1.29, 1.82) is 0 Å². The Labute approximate surface area is 97.3 Å². The number of non-ortho nitro benzene ring substituents is 1. The zero-order valence-corrected chi connectivity index (χ0v) is 8.62. The third-order valence-corrected chi connectivity index (χ3v) is 2.13. The second kappa shape index (κ2) is 4.84. The molecule has 0 aliphatic carbocycles. The molecule has 0 aliphatic rings. The molecule has 1 rings (SSSR count). The van der Waals surface area contributed by atoms with E-state index >= 15 is 0 Å². The molecule has 0 saturated carbocycles. The summed E-state index contributed by atoms with van der Waals surface area (Å²) in [6.45, 7) is 0. The Bertz CT molecular complexity index is 461. The highest BCUT2D eigenvalue weighted by Crippen LogP contribution is 2.34. The lowest BCUT2D eigenvalue weighted by Crippen LogP contribution is -2.20. The van der Waals surface area contributed by atoms with Crippen LogP contribution in [0.4, 0.5) is 27.6 Å². The van der Waals surface area contributed by atoms with Gasteiger partial charge in [0.15, 0.2) is 0 Å². The molecule has 100 valence electrons. The Hall–Kier alpha value is -1.77. The van der Waals surface area contributed by atoms with Crippen LogP contribution in [0.25, 0.3) is 0 Å². The molecular formula is C9H7F5N2O2. The second-order valence-electron chi connectivity index (χ2n) is 3.43. The maximum atomic E-state index is 12.4. The fourth-order valence-corrected chi connectivity index (χ4v) is 1.24. The van der Waals surface area contributed by atoms with Gasteiger partial charge >= 0.3 is 6.18 Å². The van der Waals surface area contributed by atoms with Crippen LogP contribution in [0, 0.1) is 10.1 Å². The van der Waals surface area contributed by atoms with E-state index in [1.165, 1.54) is 0 Å². The molecule has 0 fully saturated rings. The standard InChI is InChI=1S/C9H7F5N2O2/c10-8(11)7(15)4-1-5(9(12,13)14)3-6(2-4)16(17)18/h1-3,7-8H,15H2. The Balaban J connectivity index is 3.36. The predicted molar refractivity (Wildman–Crippen MR) is 51.0 cm³/mol. The first kappa shape index (κ1) is 14.3. The molecule has 0 radical (unpaired) electrons. The van der Waals surface area contributed by atoms with E-state index in [-0.39, 0.29) is 6.07 Å². The van der Waals surface area contributed by atoms with E-state index in [0.29, 0.717) is 12.1 Å².